The Morgan fingerprint density at radius 1 is 1.77 bits per heavy atom. The molecule has 5 nitrogen and oxygen atoms in total. The van der Waals surface area contributed by atoms with Crippen LogP contribution in [0.4, 0.5) is 5.69 Å². The van der Waals surface area contributed by atoms with Gasteiger partial charge in [0.05, 0.1) is 11.0 Å². The van der Waals surface area contributed by atoms with E-state index >= 15 is 0 Å². The number of nitro groups is 1. The lowest BCUT2D eigenvalue weighted by molar-refractivity contribution is -0.386. The maximum absolute atomic E-state index is 10.6. The molecule has 0 aliphatic carbocycles. The number of rotatable bonds is 3. The standard InChI is InChI=1S/C8H11N3O2/c1-2-6(9)8-7(11(12)13)4-3-5-10-8/h3-6H,2,9H2,1H3/t6-/m0/s1. The predicted molar refractivity (Wildman–Crippen MR) is 48.1 cm³/mol. The monoisotopic (exact) mass is 181 g/mol. The zero-order chi connectivity index (χ0) is 9.84. The number of hydrogen-bond acceptors (Lipinski definition) is 4. The highest BCUT2D eigenvalue weighted by Gasteiger charge is 2.18. The van der Waals surface area contributed by atoms with Gasteiger partial charge in [0.1, 0.15) is 5.69 Å². The summed E-state index contributed by atoms with van der Waals surface area (Å²) < 4.78 is 0. The van der Waals surface area contributed by atoms with Crippen molar-refractivity contribution in [3.63, 3.8) is 0 Å². The van der Waals surface area contributed by atoms with Crippen LogP contribution in [0, 0.1) is 10.1 Å². The molecule has 0 unspecified atom stereocenters. The molecule has 1 rings (SSSR count). The minimum atomic E-state index is -0.460. The van der Waals surface area contributed by atoms with E-state index in [1.54, 1.807) is 0 Å². The third-order valence-electron chi connectivity index (χ3n) is 1.80. The van der Waals surface area contributed by atoms with E-state index < -0.39 is 4.92 Å². The molecule has 0 bridgehead atoms. The van der Waals surface area contributed by atoms with E-state index in [4.69, 9.17) is 5.73 Å². The highest BCUT2D eigenvalue weighted by atomic mass is 16.6. The molecule has 0 radical (unpaired) electrons. The minimum Gasteiger partial charge on any atom is -0.322 e. The number of nitrogens with two attached hydrogens (primary N) is 1. The van der Waals surface area contributed by atoms with Crippen LogP contribution in [-0.2, 0) is 0 Å². The average molecular weight is 181 g/mol. The number of aromatic nitrogens is 1. The molecule has 0 aromatic carbocycles. The summed E-state index contributed by atoms with van der Waals surface area (Å²) >= 11 is 0. The molecule has 5 heteroatoms. The van der Waals surface area contributed by atoms with Crippen LogP contribution >= 0.6 is 0 Å². The van der Waals surface area contributed by atoms with Crippen molar-refractivity contribution < 1.29 is 4.92 Å². The summed E-state index contributed by atoms with van der Waals surface area (Å²) in [5.41, 5.74) is 6.02. The van der Waals surface area contributed by atoms with Gasteiger partial charge in [0.25, 0.3) is 5.69 Å². The molecule has 0 saturated carbocycles. The van der Waals surface area contributed by atoms with Crippen molar-refractivity contribution in [3.05, 3.63) is 34.1 Å². The Labute approximate surface area is 75.7 Å². The van der Waals surface area contributed by atoms with E-state index in [9.17, 15) is 10.1 Å². The molecule has 0 saturated heterocycles. The van der Waals surface area contributed by atoms with E-state index in [1.165, 1.54) is 18.3 Å². The topological polar surface area (TPSA) is 82.0 Å². The Morgan fingerprint density at radius 3 is 3.00 bits per heavy atom. The first kappa shape index (κ1) is 9.60. The first-order chi connectivity index (χ1) is 6.16. The molecule has 1 heterocycles. The van der Waals surface area contributed by atoms with Gasteiger partial charge in [0.15, 0.2) is 0 Å². The Balaban J connectivity index is 3.11. The van der Waals surface area contributed by atoms with Gasteiger partial charge in [0, 0.05) is 12.3 Å². The SMILES string of the molecule is CC[C@H](N)c1ncccc1[N+](=O)[O-]. The molecular weight excluding hydrogens is 170 g/mol. The molecule has 0 amide bonds. The first-order valence-corrected chi connectivity index (χ1v) is 4.01. The van der Waals surface area contributed by atoms with E-state index in [1.807, 2.05) is 6.92 Å². The highest BCUT2D eigenvalue weighted by molar-refractivity contribution is 5.36. The van der Waals surface area contributed by atoms with Crippen molar-refractivity contribution >= 4 is 5.69 Å². The second-order valence-corrected chi connectivity index (χ2v) is 2.68. The molecule has 2 N–H and O–H groups in total. The fraction of sp³-hybridized carbons (Fsp3) is 0.375. The lowest BCUT2D eigenvalue weighted by Crippen LogP contribution is -2.12. The second kappa shape index (κ2) is 3.95. The average Bonchev–Trinajstić information content (AvgIpc) is 2.16. The summed E-state index contributed by atoms with van der Waals surface area (Å²) in [6.07, 6.45) is 2.15. The molecule has 0 spiro atoms. The predicted octanol–water partition coefficient (Wildman–Crippen LogP) is 1.40. The van der Waals surface area contributed by atoms with Crippen LogP contribution in [0.3, 0.4) is 0 Å². The van der Waals surface area contributed by atoms with Crippen LogP contribution in [0.25, 0.3) is 0 Å². The molecule has 1 atom stereocenters. The summed E-state index contributed by atoms with van der Waals surface area (Å²) in [6.45, 7) is 1.86. The summed E-state index contributed by atoms with van der Waals surface area (Å²) in [4.78, 5) is 14.0. The Bertz CT molecular complexity index is 314. The van der Waals surface area contributed by atoms with Crippen LogP contribution in [0.5, 0.6) is 0 Å². The molecule has 0 fully saturated rings. The molecule has 0 aliphatic heterocycles. The first-order valence-electron chi connectivity index (χ1n) is 4.01. The third kappa shape index (κ3) is 2.00. The Hall–Kier alpha value is -1.49. The van der Waals surface area contributed by atoms with Crippen LogP contribution < -0.4 is 5.73 Å². The van der Waals surface area contributed by atoms with Gasteiger partial charge in [0.2, 0.25) is 0 Å². The molecule has 1 aromatic heterocycles. The van der Waals surface area contributed by atoms with Gasteiger partial charge in [-0.2, -0.15) is 0 Å². The Morgan fingerprint density at radius 2 is 2.46 bits per heavy atom. The van der Waals surface area contributed by atoms with Gasteiger partial charge >= 0.3 is 0 Å². The number of pyridine rings is 1. The minimum absolute atomic E-state index is 0.00292. The van der Waals surface area contributed by atoms with Crippen molar-refractivity contribution in [2.75, 3.05) is 0 Å². The zero-order valence-electron chi connectivity index (χ0n) is 7.30. The fourth-order valence-corrected chi connectivity index (χ4v) is 1.04. The van der Waals surface area contributed by atoms with Crippen molar-refractivity contribution in [2.45, 2.75) is 19.4 Å². The van der Waals surface area contributed by atoms with Crippen LogP contribution in [-0.4, -0.2) is 9.91 Å². The summed E-state index contributed by atoms with van der Waals surface area (Å²) in [5.74, 6) is 0. The second-order valence-electron chi connectivity index (χ2n) is 2.68. The smallest absolute Gasteiger partial charge is 0.292 e. The molecule has 13 heavy (non-hydrogen) atoms. The summed E-state index contributed by atoms with van der Waals surface area (Å²) in [5, 5.41) is 10.6. The lowest BCUT2D eigenvalue weighted by Gasteiger charge is -2.07. The van der Waals surface area contributed by atoms with Gasteiger partial charge < -0.3 is 5.73 Å². The molecule has 1 aromatic rings. The highest BCUT2D eigenvalue weighted by Crippen LogP contribution is 2.22. The maximum atomic E-state index is 10.6. The zero-order valence-corrected chi connectivity index (χ0v) is 7.30. The fourth-order valence-electron chi connectivity index (χ4n) is 1.04. The third-order valence-corrected chi connectivity index (χ3v) is 1.80. The lowest BCUT2D eigenvalue weighted by atomic mass is 10.1. The molecule has 70 valence electrons. The molecular formula is C8H11N3O2. The van der Waals surface area contributed by atoms with Gasteiger partial charge in [-0.1, -0.05) is 6.92 Å². The molecule has 0 aliphatic rings. The van der Waals surface area contributed by atoms with Gasteiger partial charge in [-0.15, -0.1) is 0 Å². The van der Waals surface area contributed by atoms with Gasteiger partial charge in [-0.05, 0) is 12.5 Å². The van der Waals surface area contributed by atoms with Crippen molar-refractivity contribution in [1.82, 2.24) is 4.98 Å². The van der Waals surface area contributed by atoms with E-state index in [0.29, 0.717) is 12.1 Å². The van der Waals surface area contributed by atoms with Crippen molar-refractivity contribution in [3.8, 4) is 0 Å². The normalized spacial score (nSPS) is 12.5. The van der Waals surface area contributed by atoms with Crippen LogP contribution in [0.2, 0.25) is 0 Å². The van der Waals surface area contributed by atoms with E-state index in [2.05, 4.69) is 4.98 Å². The van der Waals surface area contributed by atoms with Crippen LogP contribution in [0.15, 0.2) is 18.3 Å². The largest absolute Gasteiger partial charge is 0.322 e. The number of hydrogen-bond donors (Lipinski definition) is 1. The van der Waals surface area contributed by atoms with Crippen molar-refractivity contribution in [2.24, 2.45) is 5.73 Å². The van der Waals surface area contributed by atoms with Gasteiger partial charge in [-0.3, -0.25) is 15.1 Å². The quantitative estimate of drug-likeness (QED) is 0.564. The number of nitrogens with zero attached hydrogens (tertiary/aromatic N) is 2. The van der Waals surface area contributed by atoms with E-state index in [0.717, 1.165) is 0 Å². The Kier molecular flexibility index (Phi) is 2.92. The van der Waals surface area contributed by atoms with Crippen LogP contribution in [0.1, 0.15) is 25.1 Å². The van der Waals surface area contributed by atoms with Crippen molar-refractivity contribution in [1.29, 1.82) is 0 Å². The summed E-state index contributed by atoms with van der Waals surface area (Å²) in [6, 6.07) is 2.59. The van der Waals surface area contributed by atoms with Gasteiger partial charge in [-0.25, -0.2) is 0 Å². The maximum Gasteiger partial charge on any atom is 0.292 e. The van der Waals surface area contributed by atoms with E-state index in [-0.39, 0.29) is 11.7 Å². The summed E-state index contributed by atoms with van der Waals surface area (Å²) in [7, 11) is 0.